The van der Waals surface area contributed by atoms with Gasteiger partial charge in [-0.25, -0.2) is 4.79 Å². The number of carbonyl (C=O) groups is 2. The van der Waals surface area contributed by atoms with E-state index in [4.69, 9.17) is 13.7 Å². The molecule has 0 radical (unpaired) electrons. The van der Waals surface area contributed by atoms with Crippen LogP contribution in [0.5, 0.6) is 0 Å². The molecular formula is C24H38O8S. The molecule has 0 amide bonds. The number of esters is 2. The van der Waals surface area contributed by atoms with Gasteiger partial charge < -0.3 is 14.2 Å². The number of methoxy groups -OCH3 is 2. The lowest BCUT2D eigenvalue weighted by Crippen LogP contribution is -2.29. The van der Waals surface area contributed by atoms with Crippen molar-refractivity contribution in [1.82, 2.24) is 0 Å². The van der Waals surface area contributed by atoms with Gasteiger partial charge in [0.15, 0.2) is 6.10 Å². The van der Waals surface area contributed by atoms with Crippen LogP contribution in [0.1, 0.15) is 62.5 Å². The number of rotatable bonds is 18. The fourth-order valence-corrected chi connectivity index (χ4v) is 3.82. The largest absolute Gasteiger partial charge is 0.469 e. The maximum Gasteiger partial charge on any atom is 0.335 e. The topological polar surface area (TPSA) is 105 Å². The summed E-state index contributed by atoms with van der Waals surface area (Å²) in [5.41, 5.74) is 2.22. The van der Waals surface area contributed by atoms with Gasteiger partial charge in [0.1, 0.15) is 0 Å². The van der Waals surface area contributed by atoms with Crippen molar-refractivity contribution in [3.63, 3.8) is 0 Å². The first-order valence-electron chi connectivity index (χ1n) is 11.4. The van der Waals surface area contributed by atoms with Crippen LogP contribution in [-0.4, -0.2) is 60.1 Å². The van der Waals surface area contributed by atoms with E-state index in [2.05, 4.69) is 10.8 Å². The Kier molecular flexibility index (Phi) is 14.6. The molecule has 33 heavy (non-hydrogen) atoms. The molecule has 0 N–H and O–H groups in total. The maximum absolute atomic E-state index is 12.2. The molecule has 0 heterocycles. The molecule has 9 heteroatoms. The summed E-state index contributed by atoms with van der Waals surface area (Å²) in [5.74, 6) is -0.618. The molecule has 0 aliphatic rings. The summed E-state index contributed by atoms with van der Waals surface area (Å²) in [5, 5.41) is 0. The molecule has 1 aromatic rings. The highest BCUT2D eigenvalue weighted by Crippen LogP contribution is 2.17. The van der Waals surface area contributed by atoms with Crippen LogP contribution in [0, 0.1) is 0 Å². The lowest BCUT2D eigenvalue weighted by molar-refractivity contribution is -0.154. The predicted molar refractivity (Wildman–Crippen MR) is 125 cm³/mol. The molecule has 1 atom stereocenters. The van der Waals surface area contributed by atoms with Crippen LogP contribution in [0.2, 0.25) is 0 Å². The zero-order valence-corrected chi connectivity index (χ0v) is 20.9. The zero-order valence-electron chi connectivity index (χ0n) is 20.0. The number of hydrogen-bond acceptors (Lipinski definition) is 8. The number of hydrogen-bond donors (Lipinski definition) is 0. The van der Waals surface area contributed by atoms with Crippen molar-refractivity contribution >= 4 is 22.1 Å². The Morgan fingerprint density at radius 1 is 0.848 bits per heavy atom. The molecule has 1 unspecified atom stereocenters. The summed E-state index contributed by atoms with van der Waals surface area (Å²) in [6.07, 6.45) is 7.86. The Morgan fingerprint density at radius 2 is 1.48 bits per heavy atom. The van der Waals surface area contributed by atoms with E-state index in [1.165, 1.54) is 19.8 Å². The Morgan fingerprint density at radius 3 is 2.15 bits per heavy atom. The molecule has 0 spiro atoms. The fraction of sp³-hybridized carbons (Fsp3) is 0.667. The molecule has 8 nitrogen and oxygen atoms in total. The second kappa shape index (κ2) is 16.6. The quantitative estimate of drug-likeness (QED) is 0.176. The molecule has 1 rings (SSSR count). The van der Waals surface area contributed by atoms with Crippen molar-refractivity contribution in [1.29, 1.82) is 0 Å². The van der Waals surface area contributed by atoms with E-state index in [1.807, 2.05) is 18.2 Å². The number of aryl methyl sites for hydroxylation is 1. The highest BCUT2D eigenvalue weighted by molar-refractivity contribution is 7.85. The van der Waals surface area contributed by atoms with Crippen molar-refractivity contribution in [3.8, 4) is 0 Å². The molecule has 1 aromatic carbocycles. The summed E-state index contributed by atoms with van der Waals surface area (Å²) < 4.78 is 42.1. The smallest absolute Gasteiger partial charge is 0.335 e. The number of unbranched alkanes of at least 4 members (excludes halogenated alkanes) is 5. The molecule has 0 saturated carbocycles. The molecule has 0 aliphatic heterocycles. The lowest BCUT2D eigenvalue weighted by atomic mass is 9.97. The van der Waals surface area contributed by atoms with Crippen LogP contribution in [-0.2, 0) is 50.9 Å². The molecule has 0 saturated heterocycles. The summed E-state index contributed by atoms with van der Waals surface area (Å²) in [4.78, 5) is 23.4. The monoisotopic (exact) mass is 486 g/mol. The van der Waals surface area contributed by atoms with E-state index >= 15 is 0 Å². The van der Waals surface area contributed by atoms with Gasteiger partial charge in [-0.2, -0.15) is 8.42 Å². The van der Waals surface area contributed by atoms with Crippen LogP contribution in [0.3, 0.4) is 0 Å². The van der Waals surface area contributed by atoms with E-state index < -0.39 is 22.2 Å². The minimum absolute atomic E-state index is 0.219. The normalized spacial score (nSPS) is 12.3. The average molecular weight is 487 g/mol. The van der Waals surface area contributed by atoms with Crippen molar-refractivity contribution in [3.05, 3.63) is 35.4 Å². The van der Waals surface area contributed by atoms with Gasteiger partial charge in [0.05, 0.1) is 27.1 Å². The van der Waals surface area contributed by atoms with Gasteiger partial charge in [0.2, 0.25) is 0 Å². The minimum atomic E-state index is -3.37. The fourth-order valence-electron chi connectivity index (χ4n) is 3.40. The Balaban J connectivity index is 2.47. The number of benzene rings is 1. The second-order valence-electron chi connectivity index (χ2n) is 7.93. The third-order valence-corrected chi connectivity index (χ3v) is 5.79. The van der Waals surface area contributed by atoms with Crippen LogP contribution in [0.4, 0.5) is 0 Å². The van der Waals surface area contributed by atoms with Crippen LogP contribution < -0.4 is 0 Å². The van der Waals surface area contributed by atoms with E-state index in [1.54, 1.807) is 0 Å². The zero-order chi connectivity index (χ0) is 24.5. The first kappa shape index (κ1) is 29.1. The van der Waals surface area contributed by atoms with E-state index in [0.29, 0.717) is 25.9 Å². The molecule has 0 aromatic heterocycles. The molecule has 0 fully saturated rings. The third kappa shape index (κ3) is 14.0. The van der Waals surface area contributed by atoms with Gasteiger partial charge in [0, 0.05) is 19.4 Å². The summed E-state index contributed by atoms with van der Waals surface area (Å²) in [6.45, 7) is 0.634. The second-order valence-corrected chi connectivity index (χ2v) is 9.58. The van der Waals surface area contributed by atoms with E-state index in [9.17, 15) is 18.0 Å². The van der Waals surface area contributed by atoms with Gasteiger partial charge in [-0.3, -0.25) is 8.98 Å². The minimum Gasteiger partial charge on any atom is -0.469 e. The van der Waals surface area contributed by atoms with Crippen molar-refractivity contribution < 1.29 is 36.4 Å². The highest BCUT2D eigenvalue weighted by Gasteiger charge is 2.21. The van der Waals surface area contributed by atoms with Crippen molar-refractivity contribution in [2.24, 2.45) is 0 Å². The average Bonchev–Trinajstić information content (AvgIpc) is 2.79. The molecular weight excluding hydrogens is 448 g/mol. The maximum atomic E-state index is 12.2. The Labute approximate surface area is 198 Å². The van der Waals surface area contributed by atoms with Gasteiger partial charge in [-0.05, 0) is 43.2 Å². The predicted octanol–water partition coefficient (Wildman–Crippen LogP) is 3.60. The molecule has 188 valence electrons. The van der Waals surface area contributed by atoms with Gasteiger partial charge in [-0.15, -0.1) is 0 Å². The number of ether oxygens (including phenoxy) is 3. The van der Waals surface area contributed by atoms with E-state index in [0.717, 1.165) is 56.8 Å². The standard InChI is InChI=1S/C24H38O8S/c1-29-23(25)16-8-6-11-17-31-22(24(26)30-2)19-21-15-10-9-14-20(21)13-7-4-5-12-18-32-33(3,27)28/h9-10,14-15,22H,4-8,11-13,16-19H2,1-3H3. The molecule has 0 aliphatic carbocycles. The number of carbonyl (C=O) groups excluding carboxylic acids is 2. The lowest BCUT2D eigenvalue weighted by Gasteiger charge is -2.18. The van der Waals surface area contributed by atoms with Gasteiger partial charge in [-0.1, -0.05) is 43.5 Å². The Hall–Kier alpha value is -1.97. The molecule has 0 bridgehead atoms. The Bertz CT molecular complexity index is 806. The summed E-state index contributed by atoms with van der Waals surface area (Å²) >= 11 is 0. The van der Waals surface area contributed by atoms with E-state index in [-0.39, 0.29) is 12.6 Å². The first-order valence-corrected chi connectivity index (χ1v) is 13.3. The SMILES string of the molecule is COC(=O)CCCCCOC(Cc1ccccc1CCCCCCOS(C)(=O)=O)C(=O)OC. The van der Waals surface area contributed by atoms with Crippen molar-refractivity contribution in [2.75, 3.05) is 33.7 Å². The van der Waals surface area contributed by atoms with Crippen LogP contribution >= 0.6 is 0 Å². The van der Waals surface area contributed by atoms with Crippen LogP contribution in [0.15, 0.2) is 24.3 Å². The van der Waals surface area contributed by atoms with Gasteiger partial charge in [0.25, 0.3) is 10.1 Å². The third-order valence-electron chi connectivity index (χ3n) is 5.20. The van der Waals surface area contributed by atoms with Crippen molar-refractivity contribution in [2.45, 2.75) is 70.3 Å². The summed E-state index contributed by atoms with van der Waals surface area (Å²) in [6, 6.07) is 7.99. The highest BCUT2D eigenvalue weighted by atomic mass is 32.2. The first-order chi connectivity index (χ1) is 15.8. The van der Waals surface area contributed by atoms with Crippen LogP contribution in [0.25, 0.3) is 0 Å². The summed E-state index contributed by atoms with van der Waals surface area (Å²) in [7, 11) is -0.639. The van der Waals surface area contributed by atoms with Gasteiger partial charge >= 0.3 is 11.9 Å².